The van der Waals surface area contributed by atoms with Crippen LogP contribution in [0.5, 0.6) is 0 Å². The minimum atomic E-state index is 0.848. The summed E-state index contributed by atoms with van der Waals surface area (Å²) >= 11 is 3.29. The van der Waals surface area contributed by atoms with Gasteiger partial charge in [-0.05, 0) is 43.5 Å². The van der Waals surface area contributed by atoms with Crippen LogP contribution in [0, 0.1) is 13.8 Å². The summed E-state index contributed by atoms with van der Waals surface area (Å²) in [5.41, 5.74) is 8.56. The zero-order chi connectivity index (χ0) is 17.8. The Morgan fingerprint density at radius 1 is 1.16 bits per heavy atom. The average molecular weight is 371 g/mol. The molecule has 0 aliphatic rings. The van der Waals surface area contributed by atoms with Gasteiger partial charge in [0, 0.05) is 30.8 Å². The summed E-state index contributed by atoms with van der Waals surface area (Å²) in [7, 11) is 2.03. The number of hydrogen-bond donors (Lipinski definition) is 0. The molecule has 0 bridgehead atoms. The first-order valence-electron chi connectivity index (χ1n) is 8.24. The maximum Gasteiger partial charge on any atom is 0.101 e. The van der Waals surface area contributed by atoms with Gasteiger partial charge in [-0.2, -0.15) is 0 Å². The third kappa shape index (κ3) is 4.32. The van der Waals surface area contributed by atoms with Gasteiger partial charge < -0.3 is 4.90 Å². The fourth-order valence-corrected chi connectivity index (χ4v) is 3.80. The highest BCUT2D eigenvalue weighted by Crippen LogP contribution is 2.27. The minimum Gasteiger partial charge on any atom is -0.366 e. The zero-order valence-corrected chi connectivity index (χ0v) is 16.6. The van der Waals surface area contributed by atoms with E-state index in [-0.39, 0.29) is 0 Å². The molecule has 1 aromatic carbocycles. The average Bonchev–Trinajstić information content (AvgIpc) is 3.27. The quantitative estimate of drug-likeness (QED) is 0.448. The molecule has 3 aromatic rings. The lowest BCUT2D eigenvalue weighted by Crippen LogP contribution is -2.14. The van der Waals surface area contributed by atoms with Crippen molar-refractivity contribution in [2.24, 2.45) is 4.99 Å². The molecule has 130 valence electrons. The fraction of sp³-hybridized carbons (Fsp3) is 0.316. The van der Waals surface area contributed by atoms with E-state index in [4.69, 9.17) is 4.98 Å². The molecule has 0 radical (unpaired) electrons. The van der Waals surface area contributed by atoms with Crippen molar-refractivity contribution in [3.05, 3.63) is 50.1 Å². The van der Waals surface area contributed by atoms with Crippen LogP contribution in [0.15, 0.2) is 33.4 Å². The largest absolute Gasteiger partial charge is 0.366 e. The van der Waals surface area contributed by atoms with Gasteiger partial charge in [0.1, 0.15) is 11.4 Å². The van der Waals surface area contributed by atoms with E-state index in [2.05, 4.69) is 53.2 Å². The van der Waals surface area contributed by atoms with Crippen LogP contribution < -0.4 is 0 Å². The molecule has 6 heteroatoms. The van der Waals surface area contributed by atoms with Gasteiger partial charge in [0.05, 0.1) is 22.5 Å². The van der Waals surface area contributed by atoms with Crippen LogP contribution in [0.25, 0.3) is 11.4 Å². The molecule has 0 saturated carbocycles. The Morgan fingerprint density at radius 2 is 2.00 bits per heavy atom. The predicted octanol–water partition coefficient (Wildman–Crippen LogP) is 5.09. The first-order valence-corrected chi connectivity index (χ1v) is 10.1. The number of nitrogens with zero attached hydrogens (tertiary/aromatic N) is 4. The van der Waals surface area contributed by atoms with E-state index < -0.39 is 0 Å². The third-order valence-electron chi connectivity index (χ3n) is 4.14. The lowest BCUT2D eigenvalue weighted by Gasteiger charge is -2.11. The van der Waals surface area contributed by atoms with Crippen LogP contribution in [-0.4, -0.2) is 34.8 Å². The van der Waals surface area contributed by atoms with Crippen molar-refractivity contribution in [3.63, 3.8) is 0 Å². The molecule has 4 nitrogen and oxygen atoms in total. The molecule has 0 saturated heterocycles. The number of aryl methyl sites for hydroxylation is 2. The van der Waals surface area contributed by atoms with Gasteiger partial charge in [-0.1, -0.05) is 6.07 Å². The number of aliphatic imine (C=N–C) groups is 1. The highest BCUT2D eigenvalue weighted by Gasteiger charge is 2.10. The van der Waals surface area contributed by atoms with Crippen molar-refractivity contribution in [1.82, 2.24) is 14.9 Å². The summed E-state index contributed by atoms with van der Waals surface area (Å²) in [6, 6.07) is 4.40. The molecule has 0 atom stereocenters. The van der Waals surface area contributed by atoms with E-state index >= 15 is 0 Å². The SMILES string of the molecule is CCN(C)/C=N/c1cc(C)c(Cc2nc(-c3cscn3)cs2)cc1C. The van der Waals surface area contributed by atoms with E-state index in [0.29, 0.717) is 0 Å². The van der Waals surface area contributed by atoms with Gasteiger partial charge in [0.2, 0.25) is 0 Å². The second-order valence-electron chi connectivity index (χ2n) is 6.06. The number of benzene rings is 1. The van der Waals surface area contributed by atoms with Gasteiger partial charge in [-0.25, -0.2) is 15.0 Å². The van der Waals surface area contributed by atoms with Crippen LogP contribution in [0.2, 0.25) is 0 Å². The number of rotatable bonds is 6. The normalized spacial score (nSPS) is 11.4. The molecule has 25 heavy (non-hydrogen) atoms. The van der Waals surface area contributed by atoms with Gasteiger partial charge >= 0.3 is 0 Å². The molecule has 0 N–H and O–H groups in total. The number of aromatic nitrogens is 2. The Balaban J connectivity index is 1.79. The molecule has 2 aromatic heterocycles. The molecule has 0 amide bonds. The lowest BCUT2D eigenvalue weighted by molar-refractivity contribution is 0.552. The lowest BCUT2D eigenvalue weighted by atomic mass is 10.0. The Hall–Kier alpha value is -2.05. The summed E-state index contributed by atoms with van der Waals surface area (Å²) < 4.78 is 0. The molecule has 0 unspecified atom stereocenters. The topological polar surface area (TPSA) is 41.4 Å². The summed E-state index contributed by atoms with van der Waals surface area (Å²) in [4.78, 5) is 15.7. The van der Waals surface area contributed by atoms with Gasteiger partial charge in [-0.3, -0.25) is 0 Å². The fourth-order valence-electron chi connectivity index (χ4n) is 2.44. The minimum absolute atomic E-state index is 0.848. The van der Waals surface area contributed by atoms with E-state index in [1.54, 1.807) is 22.7 Å². The first-order chi connectivity index (χ1) is 12.1. The molecule has 3 rings (SSSR count). The highest BCUT2D eigenvalue weighted by atomic mass is 32.1. The van der Waals surface area contributed by atoms with Crippen molar-refractivity contribution in [2.45, 2.75) is 27.2 Å². The Kier molecular flexibility index (Phi) is 5.60. The van der Waals surface area contributed by atoms with Crippen LogP contribution in [0.1, 0.15) is 28.6 Å². The Morgan fingerprint density at radius 3 is 2.72 bits per heavy atom. The summed E-state index contributed by atoms with van der Waals surface area (Å²) in [6.45, 7) is 7.32. The van der Waals surface area contributed by atoms with Gasteiger partial charge in [0.15, 0.2) is 0 Å². The molecule has 0 aliphatic carbocycles. The van der Waals surface area contributed by atoms with E-state index in [1.807, 2.05) is 24.3 Å². The maximum atomic E-state index is 4.74. The zero-order valence-electron chi connectivity index (χ0n) is 15.0. The van der Waals surface area contributed by atoms with Crippen molar-refractivity contribution in [3.8, 4) is 11.4 Å². The summed E-state index contributed by atoms with van der Waals surface area (Å²) in [5, 5.41) is 5.24. The van der Waals surface area contributed by atoms with Gasteiger partial charge in [0.25, 0.3) is 0 Å². The standard InChI is InChI=1S/C19H22N4S2/c1-5-23(4)11-20-16-7-13(2)15(6-14(16)3)8-19-22-18(10-25-19)17-9-24-12-21-17/h6-7,9-12H,5,8H2,1-4H3/b20-11+. The highest BCUT2D eigenvalue weighted by molar-refractivity contribution is 7.10. The number of thiazole rings is 2. The molecule has 0 aliphatic heterocycles. The smallest absolute Gasteiger partial charge is 0.101 e. The molecule has 2 heterocycles. The summed E-state index contributed by atoms with van der Waals surface area (Å²) in [5.74, 6) is 0. The monoisotopic (exact) mass is 370 g/mol. The summed E-state index contributed by atoms with van der Waals surface area (Å²) in [6.07, 6.45) is 2.74. The predicted molar refractivity (Wildman–Crippen MR) is 108 cm³/mol. The van der Waals surface area contributed by atoms with E-state index in [1.165, 1.54) is 16.7 Å². The Bertz CT molecular complexity index is 866. The first kappa shape index (κ1) is 17.8. The van der Waals surface area contributed by atoms with E-state index in [0.717, 1.165) is 35.0 Å². The van der Waals surface area contributed by atoms with Crippen LogP contribution >= 0.6 is 22.7 Å². The van der Waals surface area contributed by atoms with Crippen LogP contribution in [-0.2, 0) is 6.42 Å². The van der Waals surface area contributed by atoms with Crippen LogP contribution in [0.3, 0.4) is 0 Å². The van der Waals surface area contributed by atoms with Gasteiger partial charge in [-0.15, -0.1) is 22.7 Å². The third-order valence-corrected chi connectivity index (χ3v) is 5.57. The molecular weight excluding hydrogens is 348 g/mol. The molecule has 0 spiro atoms. The van der Waals surface area contributed by atoms with E-state index in [9.17, 15) is 0 Å². The second-order valence-corrected chi connectivity index (χ2v) is 7.72. The second kappa shape index (κ2) is 7.89. The van der Waals surface area contributed by atoms with Crippen molar-refractivity contribution >= 4 is 34.7 Å². The molecular formula is C19H22N4S2. The maximum absolute atomic E-state index is 4.74. The van der Waals surface area contributed by atoms with Crippen LogP contribution in [0.4, 0.5) is 5.69 Å². The number of hydrogen-bond acceptors (Lipinski definition) is 5. The Labute approximate surface area is 156 Å². The molecule has 0 fully saturated rings. The van der Waals surface area contributed by atoms with Crippen molar-refractivity contribution in [1.29, 1.82) is 0 Å². The van der Waals surface area contributed by atoms with Crippen molar-refractivity contribution < 1.29 is 0 Å². The van der Waals surface area contributed by atoms with Crippen molar-refractivity contribution in [2.75, 3.05) is 13.6 Å².